The average Bonchev–Trinajstić information content (AvgIpc) is 3.13. The van der Waals surface area contributed by atoms with Gasteiger partial charge in [-0.3, -0.25) is 4.79 Å². The number of methoxy groups -OCH3 is 1. The summed E-state index contributed by atoms with van der Waals surface area (Å²) in [6.07, 6.45) is 3.34. The van der Waals surface area contributed by atoms with Crippen LogP contribution in [0.4, 0.5) is 5.69 Å². The van der Waals surface area contributed by atoms with E-state index in [9.17, 15) is 4.79 Å². The number of carbonyl (C=O) groups is 1. The molecule has 4 rings (SSSR count). The van der Waals surface area contributed by atoms with Gasteiger partial charge >= 0.3 is 0 Å². The Morgan fingerprint density at radius 2 is 1.93 bits per heavy atom. The zero-order valence-corrected chi connectivity index (χ0v) is 15.6. The van der Waals surface area contributed by atoms with Crippen molar-refractivity contribution in [2.75, 3.05) is 12.4 Å². The summed E-state index contributed by atoms with van der Waals surface area (Å²) in [6, 6.07) is 13.1. The lowest BCUT2D eigenvalue weighted by molar-refractivity contribution is 0.102. The predicted molar refractivity (Wildman–Crippen MR) is 106 cm³/mol. The van der Waals surface area contributed by atoms with Crippen molar-refractivity contribution in [1.82, 2.24) is 15.0 Å². The normalized spacial score (nSPS) is 10.7. The van der Waals surface area contributed by atoms with Gasteiger partial charge < -0.3 is 10.1 Å². The zero-order valence-electron chi connectivity index (χ0n) is 14.8. The largest absolute Gasteiger partial charge is 0.480 e. The number of nitrogens with zero attached hydrogens (tertiary/aromatic N) is 3. The molecule has 0 aliphatic carbocycles. The van der Waals surface area contributed by atoms with Crippen molar-refractivity contribution >= 4 is 33.3 Å². The van der Waals surface area contributed by atoms with Crippen LogP contribution in [0.5, 0.6) is 5.88 Å². The summed E-state index contributed by atoms with van der Waals surface area (Å²) < 4.78 is 5.17. The number of rotatable bonds is 4. The standard InChI is InChI=1S/C20H16N4O2S/c1-12-7-8-13(19-24-15-6-4-10-22-20(15)27-19)11-16(12)23-17(25)14-5-3-9-21-18(14)26-2/h3-11H,1-2H3,(H,23,25). The van der Waals surface area contributed by atoms with Crippen molar-refractivity contribution in [2.45, 2.75) is 6.92 Å². The van der Waals surface area contributed by atoms with Gasteiger partial charge in [-0.25, -0.2) is 15.0 Å². The Hall–Kier alpha value is -3.32. The third kappa shape index (κ3) is 3.37. The number of anilines is 1. The molecule has 27 heavy (non-hydrogen) atoms. The predicted octanol–water partition coefficient (Wildman–Crippen LogP) is 4.32. The number of hydrogen-bond donors (Lipinski definition) is 1. The van der Waals surface area contributed by atoms with Gasteiger partial charge in [-0.2, -0.15) is 0 Å². The lowest BCUT2D eigenvalue weighted by atomic mass is 10.1. The molecule has 3 heterocycles. The average molecular weight is 376 g/mol. The Kier molecular flexibility index (Phi) is 4.52. The van der Waals surface area contributed by atoms with Crippen molar-refractivity contribution in [3.05, 3.63) is 66.0 Å². The van der Waals surface area contributed by atoms with E-state index in [1.54, 1.807) is 24.5 Å². The first-order valence-corrected chi connectivity index (χ1v) is 9.10. The van der Waals surface area contributed by atoms with Crippen molar-refractivity contribution in [2.24, 2.45) is 0 Å². The monoisotopic (exact) mass is 376 g/mol. The van der Waals surface area contributed by atoms with E-state index in [0.717, 1.165) is 32.2 Å². The molecule has 0 fully saturated rings. The Bertz CT molecular complexity index is 1110. The highest BCUT2D eigenvalue weighted by atomic mass is 32.1. The summed E-state index contributed by atoms with van der Waals surface area (Å²) in [4.78, 5) is 26.6. The smallest absolute Gasteiger partial charge is 0.261 e. The number of carbonyl (C=O) groups excluding carboxylic acids is 1. The van der Waals surface area contributed by atoms with Gasteiger partial charge in [0.15, 0.2) is 0 Å². The van der Waals surface area contributed by atoms with Crippen molar-refractivity contribution in [3.63, 3.8) is 0 Å². The lowest BCUT2D eigenvalue weighted by Gasteiger charge is -2.11. The maximum absolute atomic E-state index is 12.7. The maximum atomic E-state index is 12.7. The lowest BCUT2D eigenvalue weighted by Crippen LogP contribution is -2.14. The van der Waals surface area contributed by atoms with Crippen molar-refractivity contribution in [3.8, 4) is 16.5 Å². The molecule has 4 aromatic rings. The number of pyridine rings is 2. The third-order valence-corrected chi connectivity index (χ3v) is 5.14. The van der Waals surface area contributed by atoms with Gasteiger partial charge in [0.05, 0.1) is 7.11 Å². The van der Waals surface area contributed by atoms with Gasteiger partial charge in [-0.1, -0.05) is 23.5 Å². The molecule has 1 aromatic carbocycles. The van der Waals surface area contributed by atoms with Gasteiger partial charge in [0, 0.05) is 23.6 Å². The van der Waals surface area contributed by atoms with Gasteiger partial charge in [-0.15, -0.1) is 0 Å². The summed E-state index contributed by atoms with van der Waals surface area (Å²) in [5.74, 6) is 0.0206. The van der Waals surface area contributed by atoms with Gasteiger partial charge in [0.2, 0.25) is 5.88 Å². The van der Waals surface area contributed by atoms with Gasteiger partial charge in [0.25, 0.3) is 5.91 Å². The van der Waals surface area contributed by atoms with Gasteiger partial charge in [-0.05, 0) is 42.8 Å². The molecule has 0 radical (unpaired) electrons. The van der Waals surface area contributed by atoms with E-state index in [0.29, 0.717) is 11.4 Å². The molecule has 0 spiro atoms. The molecule has 1 N–H and O–H groups in total. The number of thiazole rings is 1. The molecule has 0 unspecified atom stereocenters. The summed E-state index contributed by atoms with van der Waals surface area (Å²) >= 11 is 1.52. The topological polar surface area (TPSA) is 77.0 Å². The summed E-state index contributed by atoms with van der Waals surface area (Å²) in [5.41, 5.74) is 3.85. The van der Waals surface area contributed by atoms with Crippen LogP contribution in [-0.2, 0) is 0 Å². The number of ether oxygens (including phenoxy) is 1. The fourth-order valence-corrected chi connectivity index (χ4v) is 3.60. The van der Waals surface area contributed by atoms with Crippen molar-refractivity contribution < 1.29 is 9.53 Å². The third-order valence-electron chi connectivity index (χ3n) is 4.11. The fourth-order valence-electron chi connectivity index (χ4n) is 2.70. The first kappa shape index (κ1) is 17.1. The van der Waals surface area contributed by atoms with E-state index < -0.39 is 0 Å². The molecule has 0 saturated carbocycles. The second kappa shape index (κ2) is 7.13. The minimum atomic E-state index is -0.272. The van der Waals surface area contributed by atoms with Crippen LogP contribution in [0.15, 0.2) is 54.9 Å². The van der Waals surface area contributed by atoms with Crippen molar-refractivity contribution in [1.29, 1.82) is 0 Å². The number of amides is 1. The van der Waals surface area contributed by atoms with E-state index in [4.69, 9.17) is 4.74 Å². The highest BCUT2D eigenvalue weighted by Gasteiger charge is 2.15. The molecule has 1 amide bonds. The fraction of sp³-hybridized carbons (Fsp3) is 0.100. The molecule has 0 bridgehead atoms. The van der Waals surface area contributed by atoms with E-state index in [-0.39, 0.29) is 5.91 Å². The molecule has 0 aliphatic heterocycles. The zero-order chi connectivity index (χ0) is 18.8. The first-order valence-electron chi connectivity index (χ1n) is 8.28. The SMILES string of the molecule is COc1ncccc1C(=O)Nc1cc(-c2nc3cccnc3s2)ccc1C. The number of aromatic nitrogens is 3. The van der Waals surface area contributed by atoms with E-state index in [1.807, 2.05) is 37.3 Å². The van der Waals surface area contributed by atoms with Crippen LogP contribution in [0.25, 0.3) is 20.9 Å². The Morgan fingerprint density at radius 1 is 1.11 bits per heavy atom. The van der Waals surface area contributed by atoms with Crippen LogP contribution in [0.1, 0.15) is 15.9 Å². The molecular formula is C20H16N4O2S. The second-order valence-corrected chi connectivity index (χ2v) is 6.87. The van der Waals surface area contributed by atoms with Crippen LogP contribution in [-0.4, -0.2) is 28.0 Å². The number of aryl methyl sites for hydroxylation is 1. The van der Waals surface area contributed by atoms with Crippen LogP contribution in [0, 0.1) is 6.92 Å². The molecule has 0 saturated heterocycles. The van der Waals surface area contributed by atoms with Crippen LogP contribution >= 0.6 is 11.3 Å². The summed E-state index contributed by atoms with van der Waals surface area (Å²) in [7, 11) is 1.49. The van der Waals surface area contributed by atoms with E-state index in [1.165, 1.54) is 18.4 Å². The molecule has 134 valence electrons. The highest BCUT2D eigenvalue weighted by Crippen LogP contribution is 2.31. The Morgan fingerprint density at radius 3 is 2.74 bits per heavy atom. The minimum Gasteiger partial charge on any atom is -0.480 e. The van der Waals surface area contributed by atoms with Gasteiger partial charge in [0.1, 0.15) is 20.9 Å². The molecule has 6 nitrogen and oxygen atoms in total. The quantitative estimate of drug-likeness (QED) is 0.574. The minimum absolute atomic E-state index is 0.272. The molecule has 3 aromatic heterocycles. The number of fused-ring (bicyclic) bond motifs is 1. The molecule has 7 heteroatoms. The van der Waals surface area contributed by atoms with Crippen LogP contribution in [0.3, 0.4) is 0 Å². The highest BCUT2D eigenvalue weighted by molar-refractivity contribution is 7.21. The van der Waals surface area contributed by atoms with E-state index in [2.05, 4.69) is 20.3 Å². The number of nitrogens with one attached hydrogen (secondary N) is 1. The maximum Gasteiger partial charge on any atom is 0.261 e. The van der Waals surface area contributed by atoms with Crippen LogP contribution < -0.4 is 10.1 Å². The molecule has 0 aliphatic rings. The summed E-state index contributed by atoms with van der Waals surface area (Å²) in [6.45, 7) is 1.94. The molecule has 0 atom stereocenters. The molecular weight excluding hydrogens is 360 g/mol. The van der Waals surface area contributed by atoms with Crippen LogP contribution in [0.2, 0.25) is 0 Å². The number of hydrogen-bond acceptors (Lipinski definition) is 6. The Balaban J connectivity index is 1.67. The Labute approximate surface area is 159 Å². The second-order valence-electron chi connectivity index (χ2n) is 5.89. The first-order chi connectivity index (χ1) is 13.2. The number of benzene rings is 1. The summed E-state index contributed by atoms with van der Waals surface area (Å²) in [5, 5.41) is 3.81. The van der Waals surface area contributed by atoms with E-state index >= 15 is 0 Å².